The van der Waals surface area contributed by atoms with Crippen LogP contribution in [0.5, 0.6) is 0 Å². The van der Waals surface area contributed by atoms with Gasteiger partial charge in [0.1, 0.15) is 11.6 Å². The van der Waals surface area contributed by atoms with Gasteiger partial charge in [-0.05, 0) is 48.8 Å². The van der Waals surface area contributed by atoms with E-state index < -0.39 is 11.6 Å². The highest BCUT2D eigenvalue weighted by Crippen LogP contribution is 2.33. The first-order chi connectivity index (χ1) is 12.9. The Morgan fingerprint density at radius 2 is 1.93 bits per heavy atom. The first-order valence-electron chi connectivity index (χ1n) is 8.81. The quantitative estimate of drug-likeness (QED) is 0.761. The van der Waals surface area contributed by atoms with Gasteiger partial charge in [0.15, 0.2) is 5.11 Å². The van der Waals surface area contributed by atoms with E-state index in [4.69, 9.17) is 12.2 Å². The molecule has 2 aliphatic rings. The van der Waals surface area contributed by atoms with Crippen LogP contribution in [0.1, 0.15) is 22.7 Å². The van der Waals surface area contributed by atoms with Gasteiger partial charge >= 0.3 is 0 Å². The Balaban J connectivity index is 1.56. The average Bonchev–Trinajstić information content (AvgIpc) is 2.60. The molecule has 1 amide bonds. The SMILES string of the molecule is Cc1ccc2c(c1)CCN1C(=O)CN(C(=S)Nc3cc(F)cc(F)c3)CC21. The second-order valence-electron chi connectivity index (χ2n) is 7.02. The van der Waals surface area contributed by atoms with Crippen LogP contribution in [0.3, 0.4) is 0 Å². The van der Waals surface area contributed by atoms with Crippen molar-refractivity contribution in [2.45, 2.75) is 19.4 Å². The molecular weight excluding hydrogens is 368 g/mol. The summed E-state index contributed by atoms with van der Waals surface area (Å²) < 4.78 is 26.8. The van der Waals surface area contributed by atoms with Crippen LogP contribution in [-0.4, -0.2) is 40.5 Å². The highest BCUT2D eigenvalue weighted by Gasteiger charge is 2.37. The number of carbonyl (C=O) groups is 1. The first-order valence-corrected chi connectivity index (χ1v) is 9.22. The van der Waals surface area contributed by atoms with Crippen LogP contribution in [0.25, 0.3) is 0 Å². The number of halogens is 2. The number of fused-ring (bicyclic) bond motifs is 3. The summed E-state index contributed by atoms with van der Waals surface area (Å²) in [6, 6.07) is 9.38. The van der Waals surface area contributed by atoms with Gasteiger partial charge in [-0.2, -0.15) is 0 Å². The van der Waals surface area contributed by atoms with Crippen LogP contribution in [0.2, 0.25) is 0 Å². The highest BCUT2D eigenvalue weighted by atomic mass is 32.1. The van der Waals surface area contributed by atoms with Gasteiger partial charge in [0.05, 0.1) is 12.6 Å². The molecule has 140 valence electrons. The molecule has 0 aromatic heterocycles. The topological polar surface area (TPSA) is 35.6 Å². The van der Waals surface area contributed by atoms with Gasteiger partial charge in [0, 0.05) is 24.8 Å². The standard InChI is InChI=1S/C20H19F2N3OS/c1-12-2-3-17-13(6-12)4-5-25-18(17)10-24(11-19(25)26)20(27)23-16-8-14(21)7-15(22)9-16/h2-3,6-9,18H,4-5,10-11H2,1H3,(H,23,27). The predicted octanol–water partition coefficient (Wildman–Crippen LogP) is 3.41. The van der Waals surface area contributed by atoms with Crippen molar-refractivity contribution >= 4 is 28.9 Å². The van der Waals surface area contributed by atoms with E-state index in [2.05, 4.69) is 30.4 Å². The number of thiocarbonyl (C=S) groups is 1. The van der Waals surface area contributed by atoms with E-state index >= 15 is 0 Å². The lowest BCUT2D eigenvalue weighted by molar-refractivity contribution is -0.138. The minimum atomic E-state index is -0.683. The Hall–Kier alpha value is -2.54. The molecule has 0 aliphatic carbocycles. The first kappa shape index (κ1) is 17.9. The number of anilines is 1. The molecule has 4 nitrogen and oxygen atoms in total. The third-order valence-corrected chi connectivity index (χ3v) is 5.46. The molecule has 1 N–H and O–H groups in total. The van der Waals surface area contributed by atoms with Crippen molar-refractivity contribution in [2.75, 3.05) is 25.0 Å². The maximum Gasteiger partial charge on any atom is 0.242 e. The van der Waals surface area contributed by atoms with Crippen molar-refractivity contribution in [1.29, 1.82) is 0 Å². The lowest BCUT2D eigenvalue weighted by atomic mass is 9.89. The zero-order valence-corrected chi connectivity index (χ0v) is 15.7. The Morgan fingerprint density at radius 1 is 1.19 bits per heavy atom. The Kier molecular flexibility index (Phi) is 4.55. The summed E-state index contributed by atoms with van der Waals surface area (Å²) in [6.07, 6.45) is 0.852. The summed E-state index contributed by atoms with van der Waals surface area (Å²) in [5.41, 5.74) is 3.83. The largest absolute Gasteiger partial charge is 0.337 e. The maximum atomic E-state index is 13.4. The van der Waals surface area contributed by atoms with Gasteiger partial charge in [-0.15, -0.1) is 0 Å². The molecule has 0 bridgehead atoms. The minimum Gasteiger partial charge on any atom is -0.337 e. The number of hydrogen-bond acceptors (Lipinski definition) is 2. The van der Waals surface area contributed by atoms with Crippen LogP contribution in [0.4, 0.5) is 14.5 Å². The number of hydrogen-bond donors (Lipinski definition) is 1. The fourth-order valence-corrected chi connectivity index (χ4v) is 4.10. The molecule has 7 heteroatoms. The molecule has 1 saturated heterocycles. The second kappa shape index (κ2) is 6.88. The number of aryl methyl sites for hydroxylation is 1. The van der Waals surface area contributed by atoms with E-state index in [1.807, 2.05) is 4.90 Å². The van der Waals surface area contributed by atoms with Crippen LogP contribution in [0.15, 0.2) is 36.4 Å². The Morgan fingerprint density at radius 3 is 2.67 bits per heavy atom. The lowest BCUT2D eigenvalue weighted by Gasteiger charge is -2.45. The van der Waals surface area contributed by atoms with Crippen molar-refractivity contribution in [1.82, 2.24) is 9.80 Å². The molecule has 1 unspecified atom stereocenters. The van der Waals surface area contributed by atoms with Crippen molar-refractivity contribution in [2.24, 2.45) is 0 Å². The number of amides is 1. The molecule has 1 fully saturated rings. The van der Waals surface area contributed by atoms with Gasteiger partial charge in [-0.3, -0.25) is 4.79 Å². The van der Waals surface area contributed by atoms with Crippen molar-refractivity contribution in [3.63, 3.8) is 0 Å². The number of nitrogens with zero attached hydrogens (tertiary/aromatic N) is 2. The summed E-state index contributed by atoms with van der Waals surface area (Å²) >= 11 is 5.41. The minimum absolute atomic E-state index is 0.00653. The van der Waals surface area contributed by atoms with Crippen molar-refractivity contribution < 1.29 is 13.6 Å². The third-order valence-electron chi connectivity index (χ3n) is 5.10. The molecule has 2 heterocycles. The molecule has 4 rings (SSSR count). The highest BCUT2D eigenvalue weighted by molar-refractivity contribution is 7.80. The molecule has 2 aromatic carbocycles. The fraction of sp³-hybridized carbons (Fsp3) is 0.300. The predicted molar refractivity (Wildman–Crippen MR) is 103 cm³/mol. The van der Waals surface area contributed by atoms with E-state index in [1.165, 1.54) is 23.3 Å². The number of carbonyl (C=O) groups excluding carboxylic acids is 1. The summed E-state index contributed by atoms with van der Waals surface area (Å²) in [4.78, 5) is 16.3. The van der Waals surface area contributed by atoms with E-state index in [0.717, 1.165) is 18.1 Å². The molecule has 1 atom stereocenters. The van der Waals surface area contributed by atoms with Crippen LogP contribution < -0.4 is 5.32 Å². The van der Waals surface area contributed by atoms with E-state index in [9.17, 15) is 13.6 Å². The number of piperazine rings is 1. The summed E-state index contributed by atoms with van der Waals surface area (Å²) in [6.45, 7) is 3.46. The van der Waals surface area contributed by atoms with Crippen LogP contribution in [-0.2, 0) is 11.2 Å². The van der Waals surface area contributed by atoms with Crippen LogP contribution >= 0.6 is 12.2 Å². The van der Waals surface area contributed by atoms with E-state index in [1.54, 1.807) is 4.90 Å². The van der Waals surface area contributed by atoms with Gasteiger partial charge in [-0.1, -0.05) is 23.8 Å². The lowest BCUT2D eigenvalue weighted by Crippen LogP contribution is -2.56. The molecule has 2 aliphatic heterocycles. The molecule has 0 radical (unpaired) electrons. The van der Waals surface area contributed by atoms with E-state index in [0.29, 0.717) is 13.1 Å². The zero-order valence-electron chi connectivity index (χ0n) is 14.8. The average molecular weight is 387 g/mol. The maximum absolute atomic E-state index is 13.4. The fourth-order valence-electron chi connectivity index (χ4n) is 3.85. The molecular formula is C20H19F2N3OS. The summed E-state index contributed by atoms with van der Waals surface area (Å²) in [7, 11) is 0. The van der Waals surface area contributed by atoms with Gasteiger partial charge < -0.3 is 15.1 Å². The zero-order chi connectivity index (χ0) is 19.1. The van der Waals surface area contributed by atoms with Gasteiger partial charge in [0.25, 0.3) is 0 Å². The van der Waals surface area contributed by atoms with E-state index in [-0.39, 0.29) is 29.3 Å². The summed E-state index contributed by atoms with van der Waals surface area (Å²) in [5, 5.41) is 3.13. The Labute approximate surface area is 161 Å². The number of benzene rings is 2. The monoisotopic (exact) mass is 387 g/mol. The van der Waals surface area contributed by atoms with Crippen molar-refractivity contribution in [3.05, 3.63) is 64.7 Å². The molecule has 2 aromatic rings. The second-order valence-corrected chi connectivity index (χ2v) is 7.41. The van der Waals surface area contributed by atoms with Gasteiger partial charge in [-0.25, -0.2) is 8.78 Å². The molecule has 0 spiro atoms. The van der Waals surface area contributed by atoms with Gasteiger partial charge in [0.2, 0.25) is 5.91 Å². The smallest absolute Gasteiger partial charge is 0.242 e. The molecule has 0 saturated carbocycles. The number of rotatable bonds is 1. The summed E-state index contributed by atoms with van der Waals surface area (Å²) in [5.74, 6) is -1.36. The van der Waals surface area contributed by atoms with Crippen molar-refractivity contribution in [3.8, 4) is 0 Å². The Bertz CT molecular complexity index is 913. The normalized spacial score (nSPS) is 18.8. The number of nitrogens with one attached hydrogen (secondary N) is 1. The third kappa shape index (κ3) is 3.51. The molecule has 27 heavy (non-hydrogen) atoms. The van der Waals surface area contributed by atoms with Crippen LogP contribution in [0, 0.1) is 18.6 Å².